The van der Waals surface area contributed by atoms with Crippen LogP contribution in [0.5, 0.6) is 23.0 Å². The third kappa shape index (κ3) is 7.51. The third-order valence-corrected chi connectivity index (χ3v) is 8.17. The average molecular weight is 617 g/mol. The number of fused-ring (bicyclic) bond motifs is 1. The van der Waals surface area contributed by atoms with Crippen molar-refractivity contribution >= 4 is 29.1 Å². The maximum atomic E-state index is 13.0. The summed E-state index contributed by atoms with van der Waals surface area (Å²) in [4.78, 5) is 27.8. The molecular weight excluding hydrogens is 576 g/mol. The van der Waals surface area contributed by atoms with E-state index in [1.165, 1.54) is 14.2 Å². The van der Waals surface area contributed by atoms with Gasteiger partial charge in [0.15, 0.2) is 18.1 Å². The number of esters is 1. The second-order valence-electron chi connectivity index (χ2n) is 11.1. The van der Waals surface area contributed by atoms with Gasteiger partial charge in [-0.05, 0) is 103 Å². The number of methoxy groups -OCH3 is 3. The lowest BCUT2D eigenvalue weighted by atomic mass is 10.00. The Kier molecular flexibility index (Phi) is 10.1. The number of allylic oxidation sites excluding steroid dienone is 2. The number of ether oxygens (including phenoxy) is 5. The van der Waals surface area contributed by atoms with Crippen molar-refractivity contribution < 1.29 is 37.7 Å². The molecule has 0 unspecified atom stereocenters. The molecule has 2 aliphatic rings. The van der Waals surface area contributed by atoms with Crippen LogP contribution in [0.2, 0.25) is 0 Å². The van der Waals surface area contributed by atoms with Gasteiger partial charge in [0.2, 0.25) is 11.7 Å². The van der Waals surface area contributed by atoms with E-state index in [2.05, 4.69) is 17.3 Å². The Hall–Kier alpha value is -4.70. The summed E-state index contributed by atoms with van der Waals surface area (Å²) in [5.41, 5.74) is 5.56. The summed E-state index contributed by atoms with van der Waals surface area (Å²) in [6, 6.07) is 13.1. The zero-order valence-corrected chi connectivity index (χ0v) is 26.4. The molecule has 0 spiro atoms. The quantitative estimate of drug-likeness (QED) is 0.269. The number of nitrogens with one attached hydrogen (secondary N) is 1. The topological polar surface area (TPSA) is 109 Å². The standard InChI is InChI=1S/C35H40N2O8/c1-22-28(27-9-8-25(40-3)18-30(27)29(22)19-33(38)36-20-26-7-6-14-43-26)15-23-16-31(41-4)35(32(17-23)42-5)44-21-34(39)45-24-10-12-37(2)13-11-24/h6-9,14-18,24H,10-13,19-21H2,1-5H3,(H,36,38). The van der Waals surface area contributed by atoms with Crippen molar-refractivity contribution in [2.75, 3.05) is 48.1 Å². The molecule has 45 heavy (non-hydrogen) atoms. The lowest BCUT2D eigenvalue weighted by Gasteiger charge is -2.28. The largest absolute Gasteiger partial charge is 0.497 e. The van der Waals surface area contributed by atoms with Gasteiger partial charge < -0.3 is 38.3 Å². The molecule has 238 valence electrons. The predicted octanol–water partition coefficient (Wildman–Crippen LogP) is 5.36. The predicted molar refractivity (Wildman–Crippen MR) is 170 cm³/mol. The van der Waals surface area contributed by atoms with Crippen molar-refractivity contribution in [1.29, 1.82) is 0 Å². The molecule has 0 saturated carbocycles. The Morgan fingerprint density at radius 3 is 2.38 bits per heavy atom. The van der Waals surface area contributed by atoms with E-state index in [1.807, 2.05) is 49.4 Å². The smallest absolute Gasteiger partial charge is 0.344 e. The molecule has 0 atom stereocenters. The van der Waals surface area contributed by atoms with Gasteiger partial charge in [-0.3, -0.25) is 4.79 Å². The number of carbonyl (C=O) groups excluding carboxylic acids is 2. The first-order valence-electron chi connectivity index (χ1n) is 15.0. The Labute approximate surface area is 263 Å². The van der Waals surface area contributed by atoms with Gasteiger partial charge in [0.05, 0.1) is 40.6 Å². The summed E-state index contributed by atoms with van der Waals surface area (Å²) in [6.07, 6.45) is 5.30. The Bertz CT molecular complexity index is 1560. The molecule has 3 aromatic rings. The molecule has 5 rings (SSSR count). The highest BCUT2D eigenvalue weighted by atomic mass is 16.6. The summed E-state index contributed by atoms with van der Waals surface area (Å²) >= 11 is 0. The SMILES string of the molecule is COc1ccc2c(c1)C(CC(=O)NCc1ccco1)=C(C)C2=Cc1cc(OC)c(OCC(=O)OC2CCN(C)CC2)c(OC)c1. The number of carbonyl (C=O) groups is 2. The molecule has 2 heterocycles. The van der Waals surface area contributed by atoms with Crippen molar-refractivity contribution in [2.24, 2.45) is 0 Å². The van der Waals surface area contributed by atoms with Gasteiger partial charge >= 0.3 is 5.97 Å². The average Bonchev–Trinajstić information content (AvgIpc) is 3.66. The van der Waals surface area contributed by atoms with Crippen LogP contribution in [0.4, 0.5) is 0 Å². The molecule has 1 fully saturated rings. The molecule has 2 aromatic carbocycles. The fraction of sp³-hybridized carbons (Fsp3) is 0.371. The van der Waals surface area contributed by atoms with E-state index < -0.39 is 5.97 Å². The number of likely N-dealkylation sites (tertiary alicyclic amines) is 1. The summed E-state index contributed by atoms with van der Waals surface area (Å²) < 4.78 is 33.7. The van der Waals surface area contributed by atoms with Crippen LogP contribution in [-0.2, 0) is 20.9 Å². The molecular formula is C35H40N2O8. The first kappa shape index (κ1) is 31.7. The van der Waals surface area contributed by atoms with Crippen LogP contribution >= 0.6 is 0 Å². The van der Waals surface area contributed by atoms with Gasteiger partial charge in [0.1, 0.15) is 17.6 Å². The van der Waals surface area contributed by atoms with E-state index >= 15 is 0 Å². The fourth-order valence-electron chi connectivity index (χ4n) is 5.68. The van der Waals surface area contributed by atoms with Crippen LogP contribution in [0.1, 0.15) is 48.6 Å². The van der Waals surface area contributed by atoms with Gasteiger partial charge in [-0.1, -0.05) is 6.07 Å². The number of furan rings is 1. The first-order valence-corrected chi connectivity index (χ1v) is 15.0. The highest BCUT2D eigenvalue weighted by Crippen LogP contribution is 2.46. The maximum absolute atomic E-state index is 13.0. The van der Waals surface area contributed by atoms with E-state index in [-0.39, 0.29) is 25.0 Å². The van der Waals surface area contributed by atoms with Gasteiger partial charge in [0, 0.05) is 13.1 Å². The molecule has 10 nitrogen and oxygen atoms in total. The van der Waals surface area contributed by atoms with Gasteiger partial charge in [-0.25, -0.2) is 4.79 Å². The third-order valence-electron chi connectivity index (χ3n) is 8.17. The van der Waals surface area contributed by atoms with Gasteiger partial charge in [-0.15, -0.1) is 0 Å². The van der Waals surface area contributed by atoms with Crippen LogP contribution < -0.4 is 24.3 Å². The van der Waals surface area contributed by atoms with Crippen LogP contribution in [0.25, 0.3) is 17.2 Å². The molecule has 1 aliphatic carbocycles. The fourth-order valence-corrected chi connectivity index (χ4v) is 5.68. The number of benzene rings is 2. The number of amides is 1. The van der Waals surface area contributed by atoms with Crippen LogP contribution in [-0.4, -0.2) is 71.0 Å². The second-order valence-corrected chi connectivity index (χ2v) is 11.1. The lowest BCUT2D eigenvalue weighted by molar-refractivity contribution is -0.153. The lowest BCUT2D eigenvalue weighted by Crippen LogP contribution is -2.36. The van der Waals surface area contributed by atoms with E-state index in [0.29, 0.717) is 35.3 Å². The minimum atomic E-state index is -0.431. The Morgan fingerprint density at radius 1 is 1.00 bits per heavy atom. The van der Waals surface area contributed by atoms with E-state index in [4.69, 9.17) is 28.1 Å². The number of nitrogens with zero attached hydrogens (tertiary/aromatic N) is 1. The van der Waals surface area contributed by atoms with Crippen molar-refractivity contribution in [3.63, 3.8) is 0 Å². The molecule has 10 heteroatoms. The first-order chi connectivity index (χ1) is 21.8. The van der Waals surface area contributed by atoms with Gasteiger partial charge in [0.25, 0.3) is 0 Å². The zero-order valence-electron chi connectivity index (χ0n) is 26.4. The maximum Gasteiger partial charge on any atom is 0.344 e. The normalized spacial score (nSPS) is 16.0. The molecule has 0 bridgehead atoms. The number of rotatable bonds is 12. The van der Waals surface area contributed by atoms with Gasteiger partial charge in [-0.2, -0.15) is 0 Å². The van der Waals surface area contributed by atoms with Crippen LogP contribution in [0.3, 0.4) is 0 Å². The van der Waals surface area contributed by atoms with Crippen molar-refractivity contribution in [1.82, 2.24) is 10.2 Å². The summed E-state index contributed by atoms with van der Waals surface area (Å²) in [7, 11) is 6.76. The van der Waals surface area contributed by atoms with E-state index in [0.717, 1.165) is 59.3 Å². The van der Waals surface area contributed by atoms with E-state index in [1.54, 1.807) is 19.4 Å². The molecule has 1 aliphatic heterocycles. The minimum Gasteiger partial charge on any atom is -0.497 e. The summed E-state index contributed by atoms with van der Waals surface area (Å²) in [5.74, 6) is 2.00. The Balaban J connectivity index is 1.38. The monoisotopic (exact) mass is 616 g/mol. The molecule has 1 aromatic heterocycles. The molecule has 1 N–H and O–H groups in total. The molecule has 1 amide bonds. The number of hydrogen-bond acceptors (Lipinski definition) is 9. The molecule has 0 radical (unpaired) electrons. The highest BCUT2D eigenvalue weighted by molar-refractivity contribution is 6.08. The highest BCUT2D eigenvalue weighted by Gasteiger charge is 2.27. The van der Waals surface area contributed by atoms with Crippen molar-refractivity contribution in [3.05, 3.63) is 76.8 Å². The van der Waals surface area contributed by atoms with Crippen molar-refractivity contribution in [3.8, 4) is 23.0 Å². The molecule has 1 saturated heterocycles. The summed E-state index contributed by atoms with van der Waals surface area (Å²) in [6.45, 7) is 3.85. The number of hydrogen-bond donors (Lipinski definition) is 1. The van der Waals surface area contributed by atoms with Crippen LogP contribution in [0.15, 0.2) is 58.7 Å². The second kappa shape index (κ2) is 14.4. The van der Waals surface area contributed by atoms with E-state index in [9.17, 15) is 9.59 Å². The van der Waals surface area contributed by atoms with Crippen LogP contribution in [0, 0.1) is 0 Å². The summed E-state index contributed by atoms with van der Waals surface area (Å²) in [5, 5.41) is 2.94. The minimum absolute atomic E-state index is 0.104. The Morgan fingerprint density at radius 2 is 1.73 bits per heavy atom. The zero-order chi connectivity index (χ0) is 31.9. The van der Waals surface area contributed by atoms with Crippen molar-refractivity contribution in [2.45, 2.75) is 38.8 Å². The number of piperidine rings is 1.